The predicted molar refractivity (Wildman–Crippen MR) is 109 cm³/mol. The van der Waals surface area contributed by atoms with Crippen LogP contribution < -0.4 is 0 Å². The van der Waals surface area contributed by atoms with Crippen molar-refractivity contribution >= 4 is 16.9 Å². The van der Waals surface area contributed by atoms with Crippen LogP contribution in [0.25, 0.3) is 11.0 Å². The molecule has 164 valence electrons. The summed E-state index contributed by atoms with van der Waals surface area (Å²) in [5.74, 6) is -0.213. The summed E-state index contributed by atoms with van der Waals surface area (Å²) in [5.41, 5.74) is 3.51. The van der Waals surface area contributed by atoms with Crippen LogP contribution in [0.1, 0.15) is 70.4 Å². The third-order valence-corrected chi connectivity index (χ3v) is 6.25. The van der Waals surface area contributed by atoms with Gasteiger partial charge in [-0.1, -0.05) is 18.2 Å². The van der Waals surface area contributed by atoms with Gasteiger partial charge >= 0.3 is 0 Å². The molecule has 1 aliphatic carbocycles. The molecule has 0 saturated heterocycles. The van der Waals surface area contributed by atoms with Crippen LogP contribution in [0.4, 0.5) is 8.78 Å². The summed E-state index contributed by atoms with van der Waals surface area (Å²) in [4.78, 5) is 26.7. The highest BCUT2D eigenvalue weighted by molar-refractivity contribution is 5.92. The fraction of sp³-hybridized carbons (Fsp3) is 0.364. The number of fused-ring (bicyclic) bond motifs is 2. The number of para-hydroxylation sites is 1. The van der Waals surface area contributed by atoms with Gasteiger partial charge in [-0.25, -0.2) is 23.4 Å². The van der Waals surface area contributed by atoms with Crippen molar-refractivity contribution in [2.24, 2.45) is 7.05 Å². The van der Waals surface area contributed by atoms with Crippen LogP contribution >= 0.6 is 0 Å². The average molecular weight is 438 g/mol. The van der Waals surface area contributed by atoms with E-state index in [2.05, 4.69) is 20.1 Å². The highest BCUT2D eigenvalue weighted by Gasteiger charge is 2.42. The van der Waals surface area contributed by atoms with Crippen LogP contribution in [-0.2, 0) is 13.5 Å². The van der Waals surface area contributed by atoms with Gasteiger partial charge in [0.25, 0.3) is 12.3 Å². The maximum absolute atomic E-state index is 13.6. The Morgan fingerprint density at radius 1 is 1.28 bits per heavy atom. The highest BCUT2D eigenvalue weighted by Crippen LogP contribution is 2.50. The van der Waals surface area contributed by atoms with E-state index in [0.717, 1.165) is 39.8 Å². The third-order valence-electron chi connectivity index (χ3n) is 6.25. The maximum Gasteiger partial charge on any atom is 0.299 e. The monoisotopic (exact) mass is 438 g/mol. The van der Waals surface area contributed by atoms with E-state index in [9.17, 15) is 13.6 Å². The lowest BCUT2D eigenvalue weighted by Crippen LogP contribution is -2.42. The number of halogens is 2. The first-order valence-corrected chi connectivity index (χ1v) is 10.6. The number of amides is 1. The predicted octanol–water partition coefficient (Wildman–Crippen LogP) is 3.89. The van der Waals surface area contributed by atoms with Gasteiger partial charge in [-0.15, -0.1) is 5.10 Å². The standard InChI is InChI=1S/C22H20F2N6O2/c1-29-21(27-20(28-29)19(23)24)22(31)30-9-8-13-16(26-10-25-13)17(30)18-15(11-6-7-11)12-4-2-3-5-14(12)32-18/h2-5,10-11,17,19H,6-9H2,1H3,(H,25,26)/t17-/m1/s1. The zero-order chi connectivity index (χ0) is 22.0. The van der Waals surface area contributed by atoms with Crippen LogP contribution in [0.3, 0.4) is 0 Å². The number of aromatic amines is 1. The molecule has 10 heteroatoms. The number of nitrogens with one attached hydrogen (secondary N) is 1. The van der Waals surface area contributed by atoms with E-state index < -0.39 is 24.2 Å². The molecule has 2 aliphatic rings. The molecule has 6 rings (SSSR count). The minimum Gasteiger partial charge on any atom is -0.458 e. The molecular weight excluding hydrogens is 418 g/mol. The normalized spacial score (nSPS) is 18.5. The van der Waals surface area contributed by atoms with E-state index in [1.165, 1.54) is 7.05 Å². The molecule has 0 spiro atoms. The van der Waals surface area contributed by atoms with E-state index in [4.69, 9.17) is 4.42 Å². The first kappa shape index (κ1) is 19.1. The lowest BCUT2D eigenvalue weighted by molar-refractivity contribution is 0.0653. The molecule has 1 N–H and O–H groups in total. The van der Waals surface area contributed by atoms with Crippen molar-refractivity contribution in [3.63, 3.8) is 0 Å². The van der Waals surface area contributed by atoms with Crippen LogP contribution in [0.2, 0.25) is 0 Å². The maximum atomic E-state index is 13.6. The number of hydrogen-bond acceptors (Lipinski definition) is 5. The summed E-state index contributed by atoms with van der Waals surface area (Å²) in [7, 11) is 1.45. The second-order valence-corrected chi connectivity index (χ2v) is 8.29. The largest absolute Gasteiger partial charge is 0.458 e. The highest BCUT2D eigenvalue weighted by atomic mass is 19.3. The summed E-state index contributed by atoms with van der Waals surface area (Å²) >= 11 is 0. The fourth-order valence-corrected chi connectivity index (χ4v) is 4.65. The quantitative estimate of drug-likeness (QED) is 0.522. The number of aryl methyl sites for hydroxylation is 1. The molecule has 1 fully saturated rings. The Morgan fingerprint density at radius 2 is 2.09 bits per heavy atom. The summed E-state index contributed by atoms with van der Waals surface area (Å²) in [6.07, 6.45) is 1.45. The number of rotatable bonds is 4. The lowest BCUT2D eigenvalue weighted by Gasteiger charge is -2.34. The number of carbonyl (C=O) groups is 1. The number of benzene rings is 1. The molecule has 4 heterocycles. The Labute approximate surface area is 181 Å². The van der Waals surface area contributed by atoms with E-state index >= 15 is 0 Å². The van der Waals surface area contributed by atoms with E-state index in [1.54, 1.807) is 11.2 Å². The number of furan rings is 1. The average Bonchev–Trinajstić information content (AvgIpc) is 3.21. The van der Waals surface area contributed by atoms with Crippen molar-refractivity contribution in [2.75, 3.05) is 6.54 Å². The first-order valence-electron chi connectivity index (χ1n) is 10.6. The van der Waals surface area contributed by atoms with Gasteiger partial charge in [0.15, 0.2) is 0 Å². The van der Waals surface area contributed by atoms with Crippen molar-refractivity contribution in [1.82, 2.24) is 29.6 Å². The van der Waals surface area contributed by atoms with Crippen LogP contribution in [-0.4, -0.2) is 42.1 Å². The van der Waals surface area contributed by atoms with Crippen LogP contribution in [0, 0.1) is 0 Å². The van der Waals surface area contributed by atoms with Gasteiger partial charge < -0.3 is 14.3 Å². The Morgan fingerprint density at radius 3 is 2.84 bits per heavy atom. The summed E-state index contributed by atoms with van der Waals surface area (Å²) in [6, 6.07) is 7.27. The first-order chi connectivity index (χ1) is 15.5. The van der Waals surface area contributed by atoms with E-state index in [-0.39, 0.29) is 5.82 Å². The summed E-state index contributed by atoms with van der Waals surface area (Å²) in [5, 5.41) is 4.75. The van der Waals surface area contributed by atoms with E-state index in [1.807, 2.05) is 24.3 Å². The summed E-state index contributed by atoms with van der Waals surface area (Å²) in [6.45, 7) is 0.372. The smallest absolute Gasteiger partial charge is 0.299 e. The number of carbonyl (C=O) groups excluding carboxylic acids is 1. The molecule has 1 aliphatic heterocycles. The van der Waals surface area contributed by atoms with Gasteiger partial charge in [-0.2, -0.15) is 0 Å². The topological polar surface area (TPSA) is 92.8 Å². The summed E-state index contributed by atoms with van der Waals surface area (Å²) < 4.78 is 33.7. The van der Waals surface area contributed by atoms with Gasteiger partial charge in [0.05, 0.1) is 12.0 Å². The van der Waals surface area contributed by atoms with Gasteiger partial charge in [0.1, 0.15) is 17.4 Å². The number of alkyl halides is 2. The lowest BCUT2D eigenvalue weighted by atomic mass is 9.95. The number of imidazole rings is 1. The number of H-pyrrole nitrogens is 1. The molecule has 0 bridgehead atoms. The second kappa shape index (κ2) is 6.98. The van der Waals surface area contributed by atoms with Crippen LogP contribution in [0.5, 0.6) is 0 Å². The Kier molecular flexibility index (Phi) is 4.17. The van der Waals surface area contributed by atoms with Gasteiger partial charge in [-0.05, 0) is 24.8 Å². The molecule has 3 aromatic heterocycles. The number of nitrogens with zero attached hydrogens (tertiary/aromatic N) is 5. The van der Waals surface area contributed by atoms with Crippen molar-refractivity contribution in [3.8, 4) is 0 Å². The van der Waals surface area contributed by atoms with Crippen molar-refractivity contribution in [1.29, 1.82) is 0 Å². The molecule has 4 aromatic rings. The number of aromatic nitrogens is 5. The fourth-order valence-electron chi connectivity index (χ4n) is 4.65. The van der Waals surface area contributed by atoms with Crippen molar-refractivity contribution in [2.45, 2.75) is 37.6 Å². The Bertz CT molecular complexity index is 1340. The zero-order valence-electron chi connectivity index (χ0n) is 17.3. The SMILES string of the molecule is Cn1nc(C(F)F)nc1C(=O)N1CCc2[nH]cnc2[C@@H]1c1oc2ccccc2c1C1CC1. The molecule has 8 nitrogen and oxygen atoms in total. The molecule has 0 radical (unpaired) electrons. The Balaban J connectivity index is 1.51. The van der Waals surface area contributed by atoms with Crippen molar-refractivity contribution in [3.05, 3.63) is 65.0 Å². The molecule has 32 heavy (non-hydrogen) atoms. The minimum atomic E-state index is -2.85. The number of hydrogen-bond donors (Lipinski definition) is 1. The molecule has 0 unspecified atom stereocenters. The molecule has 1 saturated carbocycles. The van der Waals surface area contributed by atoms with Gasteiger partial charge in [0.2, 0.25) is 11.6 Å². The van der Waals surface area contributed by atoms with Gasteiger partial charge in [0, 0.05) is 36.7 Å². The second-order valence-electron chi connectivity index (χ2n) is 8.29. The van der Waals surface area contributed by atoms with Crippen molar-refractivity contribution < 1.29 is 18.0 Å². The molecule has 1 amide bonds. The third kappa shape index (κ3) is 2.85. The molecular formula is C22H20F2N6O2. The van der Waals surface area contributed by atoms with Crippen LogP contribution in [0.15, 0.2) is 35.0 Å². The zero-order valence-corrected chi connectivity index (χ0v) is 17.3. The molecule has 1 atom stereocenters. The molecule has 1 aromatic carbocycles. The van der Waals surface area contributed by atoms with Gasteiger partial charge in [-0.3, -0.25) is 4.79 Å². The van der Waals surface area contributed by atoms with E-state index in [0.29, 0.717) is 30.3 Å². The Hall–Kier alpha value is -3.56. The minimum absolute atomic E-state index is 0.131.